The summed E-state index contributed by atoms with van der Waals surface area (Å²) in [7, 11) is 2.00. The number of aromatic hydroxyl groups is 2. The van der Waals surface area contributed by atoms with Crippen molar-refractivity contribution in [2.45, 2.75) is 39.0 Å². The normalized spacial score (nSPS) is 12.9. The largest absolute Gasteiger partial charge is 0.507 e. The number of aromatic amines is 4. The number of phenolic OH excluding ortho intramolecular Hbond substituents is 2. The van der Waals surface area contributed by atoms with E-state index in [1.807, 2.05) is 62.5 Å². The van der Waals surface area contributed by atoms with Gasteiger partial charge in [0, 0.05) is 52.4 Å². The van der Waals surface area contributed by atoms with E-state index in [1.54, 1.807) is 31.2 Å². The van der Waals surface area contributed by atoms with Crippen LogP contribution in [0.5, 0.6) is 11.5 Å². The third-order valence-electron chi connectivity index (χ3n) is 11.5. The second-order valence-electron chi connectivity index (χ2n) is 15.4. The minimum atomic E-state index is -0.447. The Bertz CT molecular complexity index is 3140. The fourth-order valence-corrected chi connectivity index (χ4v) is 8.33. The molecule has 8 N–H and O–H groups in total. The van der Waals surface area contributed by atoms with Gasteiger partial charge in [0.05, 0.1) is 32.9 Å². The summed E-state index contributed by atoms with van der Waals surface area (Å²) in [6, 6.07) is 25.2. The first-order valence-corrected chi connectivity index (χ1v) is 19.3. The number of aryl methyl sites for hydroxylation is 1. The highest BCUT2D eigenvalue weighted by atomic mass is 16.3. The number of likely N-dealkylation sites (N-methyl/N-ethyl adjacent to an activating group) is 1. The number of aromatic nitrogens is 4. The number of pyridine rings is 4. The van der Waals surface area contributed by atoms with Gasteiger partial charge in [0.15, 0.2) is 0 Å². The fraction of sp³-hybridized carbons (Fsp3) is 0.217. The van der Waals surface area contributed by atoms with Crippen LogP contribution >= 0.6 is 0 Å². The summed E-state index contributed by atoms with van der Waals surface area (Å²) >= 11 is 0. The zero-order valence-corrected chi connectivity index (χ0v) is 32.6. The molecular formula is C46H44N6O6. The summed E-state index contributed by atoms with van der Waals surface area (Å²) < 4.78 is 0. The molecule has 12 heteroatoms. The van der Waals surface area contributed by atoms with Crippen molar-refractivity contribution in [2.75, 3.05) is 26.7 Å². The van der Waals surface area contributed by atoms with Gasteiger partial charge in [0.1, 0.15) is 11.5 Å². The molecule has 12 nitrogen and oxygen atoms in total. The van der Waals surface area contributed by atoms with Crippen LogP contribution in [0.2, 0.25) is 0 Å². The van der Waals surface area contributed by atoms with E-state index in [0.29, 0.717) is 92.3 Å². The van der Waals surface area contributed by atoms with E-state index in [2.05, 4.69) is 31.8 Å². The van der Waals surface area contributed by atoms with Gasteiger partial charge < -0.3 is 40.8 Å². The van der Waals surface area contributed by atoms with Crippen molar-refractivity contribution in [3.05, 3.63) is 149 Å². The number of H-pyrrole nitrogens is 4. The van der Waals surface area contributed by atoms with Crippen molar-refractivity contribution < 1.29 is 10.2 Å². The number of rotatable bonds is 10. The Morgan fingerprint density at radius 3 is 1.62 bits per heavy atom. The Morgan fingerprint density at radius 1 is 0.603 bits per heavy atom. The Kier molecular flexibility index (Phi) is 9.83. The van der Waals surface area contributed by atoms with Crippen LogP contribution in [0.15, 0.2) is 104 Å². The van der Waals surface area contributed by atoms with Gasteiger partial charge in [0.25, 0.3) is 22.2 Å². The zero-order valence-electron chi connectivity index (χ0n) is 32.6. The van der Waals surface area contributed by atoms with Crippen LogP contribution in [0.3, 0.4) is 0 Å². The van der Waals surface area contributed by atoms with Crippen LogP contribution in [-0.2, 0) is 6.42 Å². The SMILES string of the molecule is Cc1[nH]c(=O)c(-c2ccc(C(C)CN(C)CCc3[nH]c(=O)c(-c4ccc(C(C)CN)cc4)c4c3[nH]c(=O)c3c(O)cccc34)cc2)c2c1[nH]c(=O)c1c(O)cccc12. The first-order chi connectivity index (χ1) is 27.9. The van der Waals surface area contributed by atoms with Crippen molar-refractivity contribution in [1.29, 1.82) is 0 Å². The number of fused-ring (bicyclic) bond motifs is 6. The maximum Gasteiger partial charge on any atom is 0.260 e. The van der Waals surface area contributed by atoms with Gasteiger partial charge in [-0.25, -0.2) is 0 Å². The number of nitrogens with zero attached hydrogens (tertiary/aromatic N) is 1. The Balaban J connectivity index is 1.08. The molecule has 0 saturated heterocycles. The number of hydrogen-bond donors (Lipinski definition) is 7. The number of nitrogens with two attached hydrogens (primary N) is 1. The lowest BCUT2D eigenvalue weighted by Crippen LogP contribution is -2.27. The lowest BCUT2D eigenvalue weighted by atomic mass is 9.93. The Labute approximate surface area is 331 Å². The van der Waals surface area contributed by atoms with Crippen LogP contribution in [0.1, 0.15) is 48.2 Å². The molecule has 0 aliphatic carbocycles. The summed E-state index contributed by atoms with van der Waals surface area (Å²) in [6.45, 7) is 7.60. The molecule has 58 heavy (non-hydrogen) atoms. The van der Waals surface area contributed by atoms with E-state index in [-0.39, 0.29) is 45.2 Å². The average molecular weight is 777 g/mol. The van der Waals surface area contributed by atoms with Crippen LogP contribution in [-0.4, -0.2) is 61.7 Å². The van der Waals surface area contributed by atoms with E-state index in [4.69, 9.17) is 5.73 Å². The number of phenols is 2. The predicted molar refractivity (Wildman–Crippen MR) is 231 cm³/mol. The summed E-state index contributed by atoms with van der Waals surface area (Å²) in [5, 5.41) is 23.6. The highest BCUT2D eigenvalue weighted by molar-refractivity contribution is 6.15. The highest BCUT2D eigenvalue weighted by Gasteiger charge is 2.22. The molecule has 294 valence electrons. The van der Waals surface area contributed by atoms with Gasteiger partial charge in [-0.1, -0.05) is 86.6 Å². The molecule has 2 unspecified atom stereocenters. The van der Waals surface area contributed by atoms with Crippen molar-refractivity contribution in [2.24, 2.45) is 5.73 Å². The molecular weight excluding hydrogens is 733 g/mol. The summed E-state index contributed by atoms with van der Waals surface area (Å²) in [5.41, 5.74) is 10.8. The van der Waals surface area contributed by atoms with Gasteiger partial charge in [-0.3, -0.25) is 19.2 Å². The molecule has 4 aromatic carbocycles. The van der Waals surface area contributed by atoms with Crippen molar-refractivity contribution in [3.63, 3.8) is 0 Å². The first kappa shape index (κ1) is 38.1. The monoisotopic (exact) mass is 776 g/mol. The molecule has 0 bridgehead atoms. The average Bonchev–Trinajstić information content (AvgIpc) is 3.20. The van der Waals surface area contributed by atoms with Crippen molar-refractivity contribution in [3.8, 4) is 33.8 Å². The maximum absolute atomic E-state index is 14.0. The van der Waals surface area contributed by atoms with Gasteiger partial charge in [-0.15, -0.1) is 0 Å². The maximum atomic E-state index is 14.0. The molecule has 4 aromatic heterocycles. The second kappa shape index (κ2) is 15.0. The lowest BCUT2D eigenvalue weighted by molar-refractivity contribution is 0.320. The van der Waals surface area contributed by atoms with E-state index in [9.17, 15) is 29.4 Å². The molecule has 8 rings (SSSR count). The molecule has 0 radical (unpaired) electrons. The minimum Gasteiger partial charge on any atom is -0.507 e. The third-order valence-corrected chi connectivity index (χ3v) is 11.5. The van der Waals surface area contributed by atoms with E-state index in [1.165, 1.54) is 12.1 Å². The molecule has 0 saturated carbocycles. The van der Waals surface area contributed by atoms with Crippen LogP contribution in [0.25, 0.3) is 65.6 Å². The molecule has 8 aromatic rings. The standard InChI is InChI=1S/C46H44N6O6/c1-23(21-47)26-11-15-29(16-12-26)36-40-31-8-6-10-34(54)38(31)46(58)51-42(40)32(49-44(36)56)19-20-52(4)22-24(2)27-13-17-28(18-14-27)35-39-30-7-5-9-33(53)37(30)45(57)50-41(39)25(3)48-43(35)55/h5-18,23-24,53-54H,19-22,47H2,1-4H3,(H,48,55)(H,49,56)(H,50,57)(H,51,58). The summed E-state index contributed by atoms with van der Waals surface area (Å²) in [4.78, 5) is 67.8. The Hall–Kier alpha value is -6.76. The van der Waals surface area contributed by atoms with Gasteiger partial charge >= 0.3 is 0 Å². The topological polar surface area (TPSA) is 201 Å². The van der Waals surface area contributed by atoms with Crippen LogP contribution in [0, 0.1) is 6.92 Å². The number of hydrogen-bond acceptors (Lipinski definition) is 8. The van der Waals surface area contributed by atoms with Crippen LogP contribution in [0.4, 0.5) is 0 Å². The molecule has 0 spiro atoms. The third kappa shape index (κ3) is 6.55. The van der Waals surface area contributed by atoms with Gasteiger partial charge in [-0.05, 0) is 66.7 Å². The molecule has 4 heterocycles. The van der Waals surface area contributed by atoms with Gasteiger partial charge in [-0.2, -0.15) is 0 Å². The zero-order chi connectivity index (χ0) is 41.0. The summed E-state index contributed by atoms with van der Waals surface area (Å²) in [6.07, 6.45) is 0.427. The molecule has 0 aliphatic heterocycles. The van der Waals surface area contributed by atoms with Gasteiger partial charge in [0.2, 0.25) is 0 Å². The molecule has 0 fully saturated rings. The number of nitrogens with one attached hydrogen (secondary N) is 4. The van der Waals surface area contributed by atoms with E-state index < -0.39 is 11.1 Å². The second-order valence-corrected chi connectivity index (χ2v) is 15.4. The van der Waals surface area contributed by atoms with E-state index >= 15 is 0 Å². The Morgan fingerprint density at radius 2 is 1.09 bits per heavy atom. The fourth-order valence-electron chi connectivity index (χ4n) is 8.33. The quantitative estimate of drug-likeness (QED) is 0.0769. The van der Waals surface area contributed by atoms with E-state index in [0.717, 1.165) is 11.1 Å². The first-order valence-electron chi connectivity index (χ1n) is 19.3. The summed E-state index contributed by atoms with van der Waals surface area (Å²) in [5.74, 6) is -0.0879. The molecule has 2 atom stereocenters. The molecule has 0 amide bonds. The minimum absolute atomic E-state index is 0.0797. The van der Waals surface area contributed by atoms with Crippen molar-refractivity contribution in [1.82, 2.24) is 24.8 Å². The number of benzene rings is 4. The van der Waals surface area contributed by atoms with Crippen molar-refractivity contribution >= 4 is 43.4 Å². The molecule has 0 aliphatic rings. The predicted octanol–water partition coefficient (Wildman–Crippen LogP) is 6.45. The van der Waals surface area contributed by atoms with Crippen LogP contribution < -0.4 is 28.0 Å². The lowest BCUT2D eigenvalue weighted by Gasteiger charge is -2.22. The highest BCUT2D eigenvalue weighted by Crippen LogP contribution is 2.36. The smallest absolute Gasteiger partial charge is 0.260 e.